The lowest BCUT2D eigenvalue weighted by Gasteiger charge is -2.06. The number of phenolic OH excluding ortho intramolecular Hbond substituents is 1. The van der Waals surface area contributed by atoms with E-state index >= 15 is 0 Å². The highest BCUT2D eigenvalue weighted by Gasteiger charge is 2.14. The van der Waals surface area contributed by atoms with Crippen molar-refractivity contribution in [2.24, 2.45) is 10.2 Å². The van der Waals surface area contributed by atoms with Crippen LogP contribution < -0.4 is 4.72 Å². The number of azo groups is 1. The quantitative estimate of drug-likeness (QED) is 0.400. The zero-order valence-corrected chi connectivity index (χ0v) is 16.4. The molecule has 9 nitrogen and oxygen atoms in total. The van der Waals surface area contributed by atoms with Gasteiger partial charge in [0.2, 0.25) is 0 Å². The molecule has 0 spiro atoms. The second kappa shape index (κ2) is 7.62. The molecule has 3 rings (SSSR count). The number of hydrogen-bond acceptors (Lipinski definition) is 7. The lowest BCUT2D eigenvalue weighted by Crippen LogP contribution is -2.17. The van der Waals surface area contributed by atoms with Crippen LogP contribution in [0.2, 0.25) is 0 Å². The molecule has 0 heterocycles. The summed E-state index contributed by atoms with van der Waals surface area (Å²) in [6.45, 7) is 3.31. The minimum Gasteiger partial charge on any atom is -0.506 e. The van der Waals surface area contributed by atoms with Crippen molar-refractivity contribution in [2.45, 2.75) is 9.79 Å². The van der Waals surface area contributed by atoms with Crippen LogP contribution >= 0.6 is 0 Å². The van der Waals surface area contributed by atoms with Crippen molar-refractivity contribution < 1.29 is 26.5 Å². The van der Waals surface area contributed by atoms with E-state index in [1.165, 1.54) is 54.6 Å². The number of phenols is 1. The minimum absolute atomic E-state index is 0.0158. The predicted octanol–water partition coefficient (Wildman–Crippen LogP) is 3.63. The number of sulfonamides is 1. The summed E-state index contributed by atoms with van der Waals surface area (Å²) in [5, 5.41) is 18.9. The summed E-state index contributed by atoms with van der Waals surface area (Å²) < 4.78 is 57.7. The Morgan fingerprint density at radius 3 is 2.17 bits per heavy atom. The van der Waals surface area contributed by atoms with Crippen molar-refractivity contribution in [2.75, 3.05) is 0 Å². The van der Waals surface area contributed by atoms with Crippen LogP contribution in [0.4, 0.5) is 11.4 Å². The molecule has 0 aliphatic carbocycles. The normalized spacial score (nSPS) is 12.3. The van der Waals surface area contributed by atoms with E-state index in [-0.39, 0.29) is 21.2 Å². The van der Waals surface area contributed by atoms with Crippen molar-refractivity contribution in [1.29, 1.82) is 0 Å². The first-order valence-corrected chi connectivity index (χ1v) is 10.9. The van der Waals surface area contributed by atoms with Crippen LogP contribution in [0.5, 0.6) is 5.75 Å². The number of benzene rings is 3. The second-order valence-electron chi connectivity index (χ2n) is 5.81. The summed E-state index contributed by atoms with van der Waals surface area (Å²) in [7, 11) is -8.07. The van der Waals surface area contributed by atoms with E-state index in [4.69, 9.17) is 4.55 Å². The molecule has 0 amide bonds. The molecule has 0 atom stereocenters. The van der Waals surface area contributed by atoms with Gasteiger partial charge in [0.1, 0.15) is 11.4 Å². The summed E-state index contributed by atoms with van der Waals surface area (Å²) in [6.07, 6.45) is 1.06. The summed E-state index contributed by atoms with van der Waals surface area (Å²) in [4.78, 5) is -0.273. The number of nitrogens with zero attached hydrogens (tertiary/aromatic N) is 2. The number of nitrogens with one attached hydrogen (secondary N) is 1. The molecule has 0 aliphatic rings. The fourth-order valence-electron chi connectivity index (χ4n) is 2.52. The molecule has 3 aromatic carbocycles. The van der Waals surface area contributed by atoms with Crippen molar-refractivity contribution in [3.63, 3.8) is 0 Å². The molecule has 0 bridgehead atoms. The van der Waals surface area contributed by atoms with E-state index in [1.807, 2.05) is 0 Å². The molecule has 0 fully saturated rings. The fraction of sp³-hybridized carbons (Fsp3) is 0. The summed E-state index contributed by atoms with van der Waals surface area (Å²) in [5.41, 5.74) is 0.419. The molecule has 29 heavy (non-hydrogen) atoms. The van der Waals surface area contributed by atoms with Gasteiger partial charge >= 0.3 is 0 Å². The van der Waals surface area contributed by atoms with Gasteiger partial charge in [-0.3, -0.25) is 9.27 Å². The van der Waals surface area contributed by atoms with E-state index in [2.05, 4.69) is 21.5 Å². The third kappa shape index (κ3) is 4.42. The molecule has 0 aromatic heterocycles. The van der Waals surface area contributed by atoms with Crippen LogP contribution in [0.1, 0.15) is 0 Å². The standard InChI is InChI=1S/C18H15N3O6S2/c1-2-19-28(23,24)14-6-4-13(5-7-14)20-21-18-16-9-8-15(29(25,26)27)11-12(16)3-10-17(18)22/h2-11,19,22H,1H2,(H,25,26,27). The first-order chi connectivity index (χ1) is 13.6. The Bertz CT molecular complexity index is 1330. The maximum atomic E-state index is 11.9. The van der Waals surface area contributed by atoms with Gasteiger partial charge in [-0.25, -0.2) is 8.42 Å². The fourth-order valence-corrected chi connectivity index (χ4v) is 3.89. The Kier molecular flexibility index (Phi) is 5.38. The Labute approximate surface area is 166 Å². The summed E-state index contributed by atoms with van der Waals surface area (Å²) in [6, 6.07) is 12.1. The topological polar surface area (TPSA) is 145 Å². The van der Waals surface area contributed by atoms with Gasteiger partial charge in [-0.2, -0.15) is 13.5 Å². The van der Waals surface area contributed by atoms with Crippen LogP contribution in [0.25, 0.3) is 10.8 Å². The Balaban J connectivity index is 1.98. The van der Waals surface area contributed by atoms with Crippen LogP contribution in [0, 0.1) is 0 Å². The highest BCUT2D eigenvalue weighted by Crippen LogP contribution is 2.37. The monoisotopic (exact) mass is 433 g/mol. The number of rotatable bonds is 6. The van der Waals surface area contributed by atoms with E-state index in [9.17, 15) is 21.9 Å². The van der Waals surface area contributed by atoms with Gasteiger partial charge in [0.05, 0.1) is 15.5 Å². The molecule has 3 N–H and O–H groups in total. The highest BCUT2D eigenvalue weighted by atomic mass is 32.2. The average molecular weight is 433 g/mol. The zero-order chi connectivity index (χ0) is 21.2. The molecule has 3 aromatic rings. The molecule has 0 saturated carbocycles. The van der Waals surface area contributed by atoms with Gasteiger partial charge in [0.25, 0.3) is 20.1 Å². The summed E-state index contributed by atoms with van der Waals surface area (Å²) >= 11 is 0. The smallest absolute Gasteiger partial charge is 0.294 e. The van der Waals surface area contributed by atoms with Crippen molar-refractivity contribution in [1.82, 2.24) is 4.72 Å². The Morgan fingerprint density at radius 1 is 0.897 bits per heavy atom. The molecule has 0 unspecified atom stereocenters. The predicted molar refractivity (Wildman–Crippen MR) is 107 cm³/mol. The number of aromatic hydroxyl groups is 1. The van der Waals surface area contributed by atoms with Crippen LogP contribution in [-0.2, 0) is 20.1 Å². The van der Waals surface area contributed by atoms with Crippen molar-refractivity contribution in [3.05, 3.63) is 67.4 Å². The van der Waals surface area contributed by atoms with Gasteiger partial charge in [-0.15, -0.1) is 5.11 Å². The van der Waals surface area contributed by atoms with E-state index in [0.717, 1.165) is 6.20 Å². The number of fused-ring (bicyclic) bond motifs is 1. The Hall–Kier alpha value is -3.28. The number of hydrogen-bond donors (Lipinski definition) is 3. The van der Waals surface area contributed by atoms with Crippen LogP contribution in [0.3, 0.4) is 0 Å². The molecule has 0 aliphatic heterocycles. The first kappa shape index (κ1) is 20.5. The lowest BCUT2D eigenvalue weighted by atomic mass is 10.1. The van der Waals surface area contributed by atoms with Crippen molar-refractivity contribution in [3.8, 4) is 5.75 Å². The highest BCUT2D eigenvalue weighted by molar-refractivity contribution is 7.89. The lowest BCUT2D eigenvalue weighted by molar-refractivity contribution is 0.477. The first-order valence-electron chi connectivity index (χ1n) is 8.00. The molecule has 150 valence electrons. The van der Waals surface area contributed by atoms with Gasteiger partial charge in [-0.05, 0) is 47.9 Å². The maximum Gasteiger partial charge on any atom is 0.294 e. The third-order valence-corrected chi connectivity index (χ3v) is 6.11. The van der Waals surface area contributed by atoms with Gasteiger partial charge in [0.15, 0.2) is 0 Å². The van der Waals surface area contributed by atoms with E-state index in [1.54, 1.807) is 0 Å². The van der Waals surface area contributed by atoms with Crippen LogP contribution in [-0.4, -0.2) is 26.5 Å². The van der Waals surface area contributed by atoms with Crippen LogP contribution in [0.15, 0.2) is 87.4 Å². The second-order valence-corrected chi connectivity index (χ2v) is 8.95. The molecule has 11 heteroatoms. The van der Waals surface area contributed by atoms with Crippen molar-refractivity contribution >= 4 is 42.3 Å². The minimum atomic E-state index is -4.37. The van der Waals surface area contributed by atoms with E-state index < -0.39 is 20.1 Å². The average Bonchev–Trinajstić information content (AvgIpc) is 2.66. The Morgan fingerprint density at radius 2 is 1.55 bits per heavy atom. The maximum absolute atomic E-state index is 11.9. The third-order valence-electron chi connectivity index (χ3n) is 3.89. The van der Waals surface area contributed by atoms with Gasteiger partial charge < -0.3 is 5.11 Å². The zero-order valence-electron chi connectivity index (χ0n) is 14.7. The van der Waals surface area contributed by atoms with Gasteiger partial charge in [0, 0.05) is 11.6 Å². The molecule has 0 radical (unpaired) electrons. The van der Waals surface area contributed by atoms with Gasteiger partial charge in [-0.1, -0.05) is 18.7 Å². The SMILES string of the molecule is C=CNS(=O)(=O)c1ccc(N=Nc2c(O)ccc3cc(S(=O)(=O)O)ccc23)cc1. The summed E-state index contributed by atoms with van der Waals surface area (Å²) in [5.74, 6) is -0.185. The molecular formula is C18H15N3O6S2. The molecular weight excluding hydrogens is 418 g/mol. The molecule has 0 saturated heterocycles. The van der Waals surface area contributed by atoms with E-state index in [0.29, 0.717) is 16.5 Å². The largest absolute Gasteiger partial charge is 0.506 e.